The van der Waals surface area contributed by atoms with E-state index >= 15 is 0 Å². The Morgan fingerprint density at radius 3 is 2.55 bits per heavy atom. The number of amides is 1. The lowest BCUT2D eigenvalue weighted by Gasteiger charge is -2.28. The molecule has 0 aliphatic heterocycles. The van der Waals surface area contributed by atoms with Crippen molar-refractivity contribution in [2.45, 2.75) is 38.4 Å². The molecule has 112 valence electrons. The normalized spacial score (nSPS) is 15.8. The van der Waals surface area contributed by atoms with Crippen molar-refractivity contribution >= 4 is 11.9 Å². The Kier molecular flexibility index (Phi) is 5.66. The van der Waals surface area contributed by atoms with Crippen LogP contribution in [0, 0.1) is 5.92 Å². The van der Waals surface area contributed by atoms with E-state index in [1.807, 2.05) is 13.8 Å². The molecule has 0 radical (unpaired) electrons. The van der Waals surface area contributed by atoms with Gasteiger partial charge < -0.3 is 21.6 Å². The van der Waals surface area contributed by atoms with E-state index in [0.717, 1.165) is 0 Å². The Bertz CT molecular complexity index is 446. The van der Waals surface area contributed by atoms with E-state index in [1.54, 1.807) is 0 Å². The Labute approximate surface area is 116 Å². The van der Waals surface area contributed by atoms with Gasteiger partial charge in [-0.1, -0.05) is 13.8 Å². The van der Waals surface area contributed by atoms with Gasteiger partial charge in [0.25, 0.3) is 0 Å². The first-order valence-electron chi connectivity index (χ1n) is 6.34. The molecule has 3 atom stereocenters. The maximum atomic E-state index is 11.5. The largest absolute Gasteiger partial charge is 0.480 e. The fourth-order valence-electron chi connectivity index (χ4n) is 1.82. The van der Waals surface area contributed by atoms with Crippen LogP contribution < -0.4 is 16.8 Å². The van der Waals surface area contributed by atoms with Gasteiger partial charge in [0.15, 0.2) is 0 Å². The van der Waals surface area contributed by atoms with Gasteiger partial charge >= 0.3 is 5.97 Å². The molecule has 8 heteroatoms. The van der Waals surface area contributed by atoms with Crippen LogP contribution in [0.2, 0.25) is 0 Å². The highest BCUT2D eigenvalue weighted by molar-refractivity contribution is 5.82. The standard InChI is InChI=1S/C12H21N5O3/c1-6(2)9(13)10(11(14)18)17-8(12(19)20)3-7-4-15-5-16-7/h4-6,8-10,17H,3,13H2,1-2H3,(H2,14,18)(H,15,16)(H,19,20)/t8-,9-,10-/m0/s1. The summed E-state index contributed by atoms with van der Waals surface area (Å²) in [4.78, 5) is 29.4. The fourth-order valence-corrected chi connectivity index (χ4v) is 1.82. The second-order valence-electron chi connectivity index (χ2n) is 5.04. The summed E-state index contributed by atoms with van der Waals surface area (Å²) in [7, 11) is 0. The molecular weight excluding hydrogens is 262 g/mol. The van der Waals surface area contributed by atoms with Crippen molar-refractivity contribution in [2.24, 2.45) is 17.4 Å². The lowest BCUT2D eigenvalue weighted by Crippen LogP contribution is -2.59. The van der Waals surface area contributed by atoms with E-state index in [4.69, 9.17) is 11.5 Å². The van der Waals surface area contributed by atoms with Crippen LogP contribution in [0.15, 0.2) is 12.5 Å². The average molecular weight is 283 g/mol. The van der Waals surface area contributed by atoms with Crippen LogP contribution in [-0.2, 0) is 16.0 Å². The first-order chi connectivity index (χ1) is 9.32. The number of aliphatic carboxylic acids is 1. The number of H-pyrrole nitrogens is 1. The van der Waals surface area contributed by atoms with E-state index in [2.05, 4.69) is 15.3 Å². The average Bonchev–Trinajstić information content (AvgIpc) is 2.85. The molecule has 20 heavy (non-hydrogen) atoms. The summed E-state index contributed by atoms with van der Waals surface area (Å²) in [6.07, 6.45) is 3.14. The van der Waals surface area contributed by atoms with Crippen molar-refractivity contribution in [1.29, 1.82) is 0 Å². The summed E-state index contributed by atoms with van der Waals surface area (Å²) in [5, 5.41) is 12.0. The minimum Gasteiger partial charge on any atom is -0.480 e. The van der Waals surface area contributed by atoms with Gasteiger partial charge in [-0.05, 0) is 5.92 Å². The molecule has 0 bridgehead atoms. The van der Waals surface area contributed by atoms with Crippen LogP contribution in [-0.4, -0.2) is 45.1 Å². The molecule has 0 spiro atoms. The molecule has 0 saturated carbocycles. The molecule has 0 saturated heterocycles. The number of hydrogen-bond acceptors (Lipinski definition) is 5. The molecule has 1 aromatic rings. The molecule has 0 unspecified atom stereocenters. The Morgan fingerprint density at radius 2 is 2.15 bits per heavy atom. The zero-order chi connectivity index (χ0) is 15.3. The number of carboxylic acids is 1. The third kappa shape index (κ3) is 4.32. The number of carbonyl (C=O) groups excluding carboxylic acids is 1. The van der Waals surface area contributed by atoms with Crippen molar-refractivity contribution in [3.63, 3.8) is 0 Å². The number of nitrogens with zero attached hydrogens (tertiary/aromatic N) is 1. The first kappa shape index (κ1) is 16.1. The van der Waals surface area contributed by atoms with Crippen molar-refractivity contribution in [3.05, 3.63) is 18.2 Å². The molecule has 8 nitrogen and oxygen atoms in total. The highest BCUT2D eigenvalue weighted by Gasteiger charge is 2.31. The molecule has 0 aliphatic carbocycles. The topological polar surface area (TPSA) is 147 Å². The van der Waals surface area contributed by atoms with E-state index in [-0.39, 0.29) is 12.3 Å². The van der Waals surface area contributed by atoms with E-state index in [1.165, 1.54) is 12.5 Å². The Balaban J connectivity index is 2.81. The van der Waals surface area contributed by atoms with Crippen molar-refractivity contribution in [3.8, 4) is 0 Å². The minimum atomic E-state index is -1.08. The number of carboxylic acid groups (broad SMARTS) is 1. The molecule has 1 heterocycles. The number of hydrogen-bond donors (Lipinski definition) is 5. The monoisotopic (exact) mass is 283 g/mol. The summed E-state index contributed by atoms with van der Waals surface area (Å²) in [5.41, 5.74) is 11.9. The summed E-state index contributed by atoms with van der Waals surface area (Å²) >= 11 is 0. The zero-order valence-corrected chi connectivity index (χ0v) is 11.5. The van der Waals surface area contributed by atoms with Gasteiger partial charge in [-0.3, -0.25) is 14.9 Å². The molecule has 0 fully saturated rings. The van der Waals surface area contributed by atoms with E-state index in [0.29, 0.717) is 5.69 Å². The predicted octanol–water partition coefficient (Wildman–Crippen LogP) is -1.17. The van der Waals surface area contributed by atoms with Crippen molar-refractivity contribution in [2.75, 3.05) is 0 Å². The van der Waals surface area contributed by atoms with Crippen molar-refractivity contribution in [1.82, 2.24) is 15.3 Å². The fraction of sp³-hybridized carbons (Fsp3) is 0.583. The van der Waals surface area contributed by atoms with Gasteiger partial charge in [0.2, 0.25) is 5.91 Å². The Morgan fingerprint density at radius 1 is 1.50 bits per heavy atom. The molecule has 1 amide bonds. The highest BCUT2D eigenvalue weighted by atomic mass is 16.4. The summed E-state index contributed by atoms with van der Waals surface area (Å²) < 4.78 is 0. The van der Waals surface area contributed by atoms with E-state index in [9.17, 15) is 14.7 Å². The van der Waals surface area contributed by atoms with Crippen LogP contribution in [0.4, 0.5) is 0 Å². The summed E-state index contributed by atoms with van der Waals surface area (Å²) in [5.74, 6) is -1.76. The number of aromatic amines is 1. The third-order valence-corrected chi connectivity index (χ3v) is 3.12. The maximum Gasteiger partial charge on any atom is 0.321 e. The number of imidazole rings is 1. The van der Waals surface area contributed by atoms with Gasteiger partial charge in [0.05, 0.1) is 6.33 Å². The predicted molar refractivity (Wildman–Crippen MR) is 72.6 cm³/mol. The van der Waals surface area contributed by atoms with Gasteiger partial charge in [-0.15, -0.1) is 0 Å². The van der Waals surface area contributed by atoms with Crippen LogP contribution >= 0.6 is 0 Å². The molecule has 1 rings (SSSR count). The van der Waals surface area contributed by atoms with Crippen molar-refractivity contribution < 1.29 is 14.7 Å². The lowest BCUT2D eigenvalue weighted by atomic mass is 9.95. The SMILES string of the molecule is CC(C)[C@H](N)[C@H](N[C@@H](Cc1cnc[nH]1)C(=O)O)C(N)=O. The van der Waals surface area contributed by atoms with Crippen LogP contribution in [0.1, 0.15) is 19.5 Å². The number of nitrogens with one attached hydrogen (secondary N) is 2. The van der Waals surface area contributed by atoms with E-state index < -0.39 is 30.0 Å². The number of rotatable bonds is 8. The minimum absolute atomic E-state index is 0.0124. The van der Waals surface area contributed by atoms with Gasteiger partial charge in [-0.2, -0.15) is 0 Å². The second-order valence-corrected chi connectivity index (χ2v) is 5.04. The number of carbonyl (C=O) groups is 2. The first-order valence-corrected chi connectivity index (χ1v) is 6.34. The smallest absolute Gasteiger partial charge is 0.321 e. The number of primary amides is 1. The maximum absolute atomic E-state index is 11.5. The van der Waals surface area contributed by atoms with Crippen LogP contribution in [0.25, 0.3) is 0 Å². The number of aromatic nitrogens is 2. The summed E-state index contributed by atoms with van der Waals surface area (Å²) in [6.45, 7) is 3.68. The molecule has 7 N–H and O–H groups in total. The molecule has 1 aromatic heterocycles. The van der Waals surface area contributed by atoms with Crippen LogP contribution in [0.3, 0.4) is 0 Å². The Hall–Kier alpha value is -1.93. The van der Waals surface area contributed by atoms with Gasteiger partial charge in [-0.25, -0.2) is 4.98 Å². The quantitative estimate of drug-likeness (QED) is 0.406. The highest BCUT2D eigenvalue weighted by Crippen LogP contribution is 2.07. The second kappa shape index (κ2) is 7.01. The lowest BCUT2D eigenvalue weighted by molar-refractivity contribution is -0.140. The molecule has 0 aromatic carbocycles. The van der Waals surface area contributed by atoms with Gasteiger partial charge in [0.1, 0.15) is 12.1 Å². The summed E-state index contributed by atoms with van der Waals surface area (Å²) in [6, 6.07) is -2.44. The number of nitrogens with two attached hydrogens (primary N) is 2. The molecular formula is C12H21N5O3. The third-order valence-electron chi connectivity index (χ3n) is 3.12. The van der Waals surface area contributed by atoms with Gasteiger partial charge in [0, 0.05) is 24.4 Å². The van der Waals surface area contributed by atoms with Crippen LogP contribution in [0.5, 0.6) is 0 Å². The molecule has 0 aliphatic rings. The zero-order valence-electron chi connectivity index (χ0n) is 11.5.